The third-order valence-corrected chi connectivity index (χ3v) is 6.22. The molecule has 0 saturated carbocycles. The minimum absolute atomic E-state index is 0.0698. The maximum absolute atomic E-state index is 11.3. The summed E-state index contributed by atoms with van der Waals surface area (Å²) in [6.07, 6.45) is 3.97. The van der Waals surface area contributed by atoms with Crippen LogP contribution in [-0.2, 0) is 0 Å². The number of rotatable bonds is 5. The van der Waals surface area contributed by atoms with Crippen LogP contribution in [-0.4, -0.2) is 50.2 Å². The molecule has 0 spiro atoms. The van der Waals surface area contributed by atoms with Crippen molar-refractivity contribution >= 4 is 40.1 Å². The van der Waals surface area contributed by atoms with Crippen molar-refractivity contribution in [3.63, 3.8) is 0 Å². The monoisotopic (exact) mass is 490 g/mol. The number of likely N-dealkylation sites (tertiary alicyclic amines) is 1. The molecule has 2 aromatic heterocycles. The van der Waals surface area contributed by atoms with Crippen LogP contribution in [0.1, 0.15) is 12.8 Å². The van der Waals surface area contributed by atoms with Gasteiger partial charge in [-0.25, -0.2) is 19.7 Å². The molecule has 9 nitrogen and oxygen atoms in total. The van der Waals surface area contributed by atoms with Gasteiger partial charge in [0.05, 0.1) is 16.3 Å². The number of nitrogen functional groups attached to an aromatic ring is 1. The zero-order chi connectivity index (χ0) is 24.4. The summed E-state index contributed by atoms with van der Waals surface area (Å²) < 4.78 is 6.24. The van der Waals surface area contributed by atoms with Crippen molar-refractivity contribution in [2.45, 2.75) is 18.9 Å². The number of hydrogen-bond acceptors (Lipinski definition) is 7. The van der Waals surface area contributed by atoms with E-state index in [9.17, 15) is 9.90 Å². The van der Waals surface area contributed by atoms with Crippen LogP contribution >= 0.6 is 11.6 Å². The number of pyridine rings is 1. The first kappa shape index (κ1) is 22.7. The number of carbonyl (C=O) groups is 1. The maximum atomic E-state index is 11.3. The number of halogens is 1. The average molecular weight is 491 g/mol. The second-order valence-electron chi connectivity index (χ2n) is 8.25. The van der Waals surface area contributed by atoms with Crippen LogP contribution in [0.3, 0.4) is 0 Å². The predicted molar refractivity (Wildman–Crippen MR) is 135 cm³/mol. The molecule has 5 rings (SSSR count). The number of anilines is 2. The Morgan fingerprint density at radius 1 is 1.11 bits per heavy atom. The second kappa shape index (κ2) is 9.63. The highest BCUT2D eigenvalue weighted by Crippen LogP contribution is 2.40. The molecule has 2 aromatic carbocycles. The Morgan fingerprint density at radius 2 is 2.00 bits per heavy atom. The van der Waals surface area contributed by atoms with Gasteiger partial charge in [0.15, 0.2) is 5.75 Å². The Bertz CT molecular complexity index is 1400. The molecule has 1 saturated heterocycles. The number of hydrogen-bond donors (Lipinski definition) is 3. The zero-order valence-corrected chi connectivity index (χ0v) is 19.4. The Labute approximate surface area is 206 Å². The van der Waals surface area contributed by atoms with Gasteiger partial charge >= 0.3 is 6.09 Å². The number of nitrogens with one attached hydrogen (secondary N) is 1. The van der Waals surface area contributed by atoms with Gasteiger partial charge in [-0.15, -0.1) is 0 Å². The number of nitrogens with zero attached hydrogens (tertiary/aromatic N) is 4. The van der Waals surface area contributed by atoms with Crippen molar-refractivity contribution in [1.29, 1.82) is 0 Å². The van der Waals surface area contributed by atoms with E-state index >= 15 is 0 Å². The van der Waals surface area contributed by atoms with E-state index in [0.717, 1.165) is 23.6 Å². The zero-order valence-electron chi connectivity index (χ0n) is 18.7. The summed E-state index contributed by atoms with van der Waals surface area (Å²) in [6, 6.07) is 14.5. The lowest BCUT2D eigenvalue weighted by Gasteiger charge is -2.31. The molecule has 4 aromatic rings. The molecule has 0 unspecified atom stereocenters. The molecule has 4 N–H and O–H groups in total. The highest BCUT2D eigenvalue weighted by atomic mass is 35.5. The predicted octanol–water partition coefficient (Wildman–Crippen LogP) is 5.27. The fraction of sp³-hybridized carbons (Fsp3) is 0.200. The molecule has 10 heteroatoms. The van der Waals surface area contributed by atoms with Crippen LogP contribution < -0.4 is 15.8 Å². The van der Waals surface area contributed by atoms with E-state index in [1.54, 1.807) is 30.6 Å². The highest BCUT2D eigenvalue weighted by Gasteiger charge is 2.24. The number of aromatic nitrogens is 3. The van der Waals surface area contributed by atoms with Crippen molar-refractivity contribution in [1.82, 2.24) is 19.9 Å². The summed E-state index contributed by atoms with van der Waals surface area (Å²) in [4.78, 5) is 26.1. The summed E-state index contributed by atoms with van der Waals surface area (Å²) in [6.45, 7) is 0.917. The lowest BCUT2D eigenvalue weighted by Crippen LogP contribution is -2.44. The SMILES string of the molecule is Nc1cccc2c(Oc3ncccc3-c3ccnc(N[C@H]4CCCN(C(=O)O)C4)n3)c(Cl)ccc12. The quantitative estimate of drug-likeness (QED) is 0.323. The van der Waals surface area contributed by atoms with E-state index in [0.29, 0.717) is 52.6 Å². The normalized spacial score (nSPS) is 15.7. The maximum Gasteiger partial charge on any atom is 0.407 e. The van der Waals surface area contributed by atoms with E-state index in [2.05, 4.69) is 20.3 Å². The van der Waals surface area contributed by atoms with Crippen LogP contribution in [0.15, 0.2) is 60.9 Å². The smallest absolute Gasteiger partial charge is 0.407 e. The van der Waals surface area contributed by atoms with Crippen LogP contribution in [0, 0.1) is 0 Å². The molecule has 0 radical (unpaired) electrons. The van der Waals surface area contributed by atoms with Gasteiger partial charge in [-0.3, -0.25) is 0 Å². The third kappa shape index (κ3) is 4.76. The molecule has 1 amide bonds. The lowest BCUT2D eigenvalue weighted by atomic mass is 10.1. The Kier molecular flexibility index (Phi) is 6.24. The fourth-order valence-corrected chi connectivity index (χ4v) is 4.43. The number of carboxylic acid groups (broad SMARTS) is 1. The molecule has 0 bridgehead atoms. The molecule has 0 aliphatic carbocycles. The van der Waals surface area contributed by atoms with Crippen LogP contribution in [0.25, 0.3) is 22.0 Å². The van der Waals surface area contributed by atoms with Gasteiger partial charge in [0.25, 0.3) is 0 Å². The van der Waals surface area contributed by atoms with Crippen molar-refractivity contribution < 1.29 is 14.6 Å². The lowest BCUT2D eigenvalue weighted by molar-refractivity contribution is 0.132. The number of piperidine rings is 1. The molecule has 1 atom stereocenters. The van der Waals surface area contributed by atoms with Crippen LogP contribution in [0.4, 0.5) is 16.4 Å². The first-order chi connectivity index (χ1) is 17.0. The van der Waals surface area contributed by atoms with E-state index in [-0.39, 0.29) is 6.04 Å². The number of amides is 1. The minimum atomic E-state index is -0.919. The molecule has 35 heavy (non-hydrogen) atoms. The van der Waals surface area contributed by atoms with Crippen molar-refractivity contribution in [2.75, 3.05) is 24.1 Å². The summed E-state index contributed by atoms with van der Waals surface area (Å²) in [5.41, 5.74) is 8.02. The second-order valence-corrected chi connectivity index (χ2v) is 8.66. The molecule has 1 aliphatic rings. The van der Waals surface area contributed by atoms with Gasteiger partial charge in [-0.05, 0) is 43.2 Å². The van der Waals surface area contributed by atoms with Gasteiger partial charge in [-0.2, -0.15) is 0 Å². The largest absolute Gasteiger partial charge is 0.465 e. The first-order valence-electron chi connectivity index (χ1n) is 11.2. The van der Waals surface area contributed by atoms with Crippen molar-refractivity contribution in [3.8, 4) is 22.9 Å². The Morgan fingerprint density at radius 3 is 2.86 bits per heavy atom. The minimum Gasteiger partial charge on any atom is -0.465 e. The molecular weight excluding hydrogens is 468 g/mol. The summed E-state index contributed by atoms with van der Waals surface area (Å²) in [7, 11) is 0. The topological polar surface area (TPSA) is 126 Å². The van der Waals surface area contributed by atoms with Gasteiger partial charge in [0, 0.05) is 48.0 Å². The van der Waals surface area contributed by atoms with Crippen LogP contribution in [0.5, 0.6) is 11.6 Å². The molecule has 1 aliphatic heterocycles. The summed E-state index contributed by atoms with van der Waals surface area (Å²) >= 11 is 6.50. The molecular formula is C25H23ClN6O3. The standard InChI is InChI=1S/C25H23ClN6O3/c26-19-9-8-16-17(5-1-7-20(16)27)22(19)35-23-18(6-2-11-28-23)21-10-12-29-24(31-21)30-15-4-3-13-32(14-15)25(33)34/h1-2,5-12,15H,3-4,13-14,27H2,(H,33,34)(H,29,30,31)/t15-/m0/s1. The Balaban J connectivity index is 1.45. The van der Waals surface area contributed by atoms with Gasteiger partial charge in [0.2, 0.25) is 11.8 Å². The highest BCUT2D eigenvalue weighted by molar-refractivity contribution is 6.33. The first-order valence-corrected chi connectivity index (χ1v) is 11.5. The molecule has 1 fully saturated rings. The van der Waals surface area contributed by atoms with E-state index < -0.39 is 6.09 Å². The van der Waals surface area contributed by atoms with E-state index in [1.807, 2.05) is 30.3 Å². The molecule has 178 valence electrons. The van der Waals surface area contributed by atoms with Gasteiger partial charge in [0.1, 0.15) is 0 Å². The average Bonchev–Trinajstić information content (AvgIpc) is 2.86. The van der Waals surface area contributed by atoms with Gasteiger partial charge < -0.3 is 25.8 Å². The fourth-order valence-electron chi connectivity index (χ4n) is 4.22. The Hall–Kier alpha value is -4.11. The number of ether oxygens (including phenoxy) is 1. The number of fused-ring (bicyclic) bond motifs is 1. The number of benzene rings is 2. The van der Waals surface area contributed by atoms with E-state index in [4.69, 9.17) is 22.1 Å². The summed E-state index contributed by atoms with van der Waals surface area (Å²) in [5.74, 6) is 1.20. The van der Waals surface area contributed by atoms with Crippen LogP contribution in [0.2, 0.25) is 5.02 Å². The number of nitrogens with two attached hydrogens (primary N) is 1. The molecule has 3 heterocycles. The van der Waals surface area contributed by atoms with Crippen molar-refractivity contribution in [2.24, 2.45) is 0 Å². The van der Waals surface area contributed by atoms with Crippen molar-refractivity contribution in [3.05, 3.63) is 65.9 Å². The van der Waals surface area contributed by atoms with E-state index in [1.165, 1.54) is 4.90 Å². The van der Waals surface area contributed by atoms with Gasteiger partial charge in [-0.1, -0.05) is 29.8 Å². The summed E-state index contributed by atoms with van der Waals surface area (Å²) in [5, 5.41) is 14.6. The third-order valence-electron chi connectivity index (χ3n) is 5.92.